The molecule has 62 valence electrons. The van der Waals surface area contributed by atoms with E-state index in [-0.39, 0.29) is 0 Å². The van der Waals surface area contributed by atoms with Crippen LogP contribution in [-0.4, -0.2) is 10.9 Å². The standard InChI is InChI=1S/C9H10N2O/c1-7-3-2-4-8(11-7)5-6-9(10)12/h2-6H,1H3,(H2,10,12). The quantitative estimate of drug-likeness (QED) is 0.656. The average molecular weight is 162 g/mol. The molecule has 0 radical (unpaired) electrons. The van der Waals surface area contributed by atoms with Crippen molar-refractivity contribution in [2.75, 3.05) is 0 Å². The fourth-order valence-electron chi connectivity index (χ4n) is 0.824. The Morgan fingerprint density at radius 3 is 2.92 bits per heavy atom. The van der Waals surface area contributed by atoms with E-state index in [0.29, 0.717) is 0 Å². The number of pyridine rings is 1. The van der Waals surface area contributed by atoms with E-state index in [2.05, 4.69) is 4.98 Å². The third-order valence-electron chi connectivity index (χ3n) is 1.33. The van der Waals surface area contributed by atoms with Crippen LogP contribution in [0.4, 0.5) is 0 Å². The van der Waals surface area contributed by atoms with Crippen LogP contribution < -0.4 is 5.73 Å². The first-order valence-electron chi connectivity index (χ1n) is 3.59. The van der Waals surface area contributed by atoms with Gasteiger partial charge in [0, 0.05) is 11.8 Å². The first kappa shape index (κ1) is 8.46. The van der Waals surface area contributed by atoms with E-state index in [1.807, 2.05) is 25.1 Å². The molecule has 3 nitrogen and oxygen atoms in total. The van der Waals surface area contributed by atoms with Crippen LogP contribution in [0.25, 0.3) is 6.08 Å². The zero-order chi connectivity index (χ0) is 8.97. The zero-order valence-corrected chi connectivity index (χ0v) is 6.82. The van der Waals surface area contributed by atoms with Crippen molar-refractivity contribution >= 4 is 12.0 Å². The molecule has 1 amide bonds. The van der Waals surface area contributed by atoms with Gasteiger partial charge in [0.1, 0.15) is 0 Å². The summed E-state index contributed by atoms with van der Waals surface area (Å²) in [6, 6.07) is 5.58. The average Bonchev–Trinajstić information content (AvgIpc) is 2.01. The van der Waals surface area contributed by atoms with Crippen molar-refractivity contribution < 1.29 is 4.79 Å². The minimum Gasteiger partial charge on any atom is -0.366 e. The maximum atomic E-state index is 10.4. The summed E-state index contributed by atoms with van der Waals surface area (Å²) in [5, 5.41) is 0. The van der Waals surface area contributed by atoms with Gasteiger partial charge in [-0.3, -0.25) is 9.78 Å². The van der Waals surface area contributed by atoms with Crippen molar-refractivity contribution in [3.8, 4) is 0 Å². The SMILES string of the molecule is Cc1cccc(C=CC(N)=O)n1. The summed E-state index contributed by atoms with van der Waals surface area (Å²) >= 11 is 0. The predicted molar refractivity (Wildman–Crippen MR) is 47.2 cm³/mol. The van der Waals surface area contributed by atoms with Gasteiger partial charge in [-0.25, -0.2) is 0 Å². The molecule has 2 N–H and O–H groups in total. The fourth-order valence-corrected chi connectivity index (χ4v) is 0.824. The van der Waals surface area contributed by atoms with Gasteiger partial charge >= 0.3 is 0 Å². The highest BCUT2D eigenvalue weighted by Crippen LogP contribution is 1.99. The van der Waals surface area contributed by atoms with Crippen LogP contribution in [0.3, 0.4) is 0 Å². The number of rotatable bonds is 2. The molecule has 0 aromatic carbocycles. The molecule has 0 unspecified atom stereocenters. The van der Waals surface area contributed by atoms with E-state index < -0.39 is 5.91 Å². The molecule has 0 saturated carbocycles. The van der Waals surface area contributed by atoms with Crippen molar-refractivity contribution in [3.05, 3.63) is 35.7 Å². The highest BCUT2D eigenvalue weighted by Gasteiger charge is 1.89. The summed E-state index contributed by atoms with van der Waals surface area (Å²) in [5.41, 5.74) is 6.59. The second-order valence-corrected chi connectivity index (χ2v) is 2.44. The van der Waals surface area contributed by atoms with E-state index in [1.165, 1.54) is 6.08 Å². The Labute approximate surface area is 70.9 Å². The molecule has 1 heterocycles. The molecule has 0 aliphatic heterocycles. The van der Waals surface area contributed by atoms with Crippen molar-refractivity contribution in [2.45, 2.75) is 6.92 Å². The number of hydrogen-bond donors (Lipinski definition) is 1. The van der Waals surface area contributed by atoms with Crippen molar-refractivity contribution in [1.29, 1.82) is 0 Å². The largest absolute Gasteiger partial charge is 0.366 e. The number of nitrogens with zero attached hydrogens (tertiary/aromatic N) is 1. The van der Waals surface area contributed by atoms with Crippen LogP contribution in [0.15, 0.2) is 24.3 Å². The van der Waals surface area contributed by atoms with E-state index in [1.54, 1.807) is 6.08 Å². The molecule has 1 aromatic heterocycles. The topological polar surface area (TPSA) is 56.0 Å². The maximum Gasteiger partial charge on any atom is 0.241 e. The smallest absolute Gasteiger partial charge is 0.241 e. The Bertz CT molecular complexity index is 318. The van der Waals surface area contributed by atoms with Crippen LogP contribution in [0.5, 0.6) is 0 Å². The molecular weight excluding hydrogens is 152 g/mol. The minimum atomic E-state index is -0.460. The molecule has 3 heteroatoms. The molecule has 0 bridgehead atoms. The van der Waals surface area contributed by atoms with Gasteiger partial charge in [0.15, 0.2) is 0 Å². The first-order chi connectivity index (χ1) is 5.68. The van der Waals surface area contributed by atoms with Crippen LogP contribution in [0, 0.1) is 6.92 Å². The molecule has 0 spiro atoms. The summed E-state index contributed by atoms with van der Waals surface area (Å²) in [7, 11) is 0. The lowest BCUT2D eigenvalue weighted by Crippen LogP contribution is -2.05. The van der Waals surface area contributed by atoms with Crippen LogP contribution >= 0.6 is 0 Å². The number of carbonyl (C=O) groups excluding carboxylic acids is 1. The molecule has 0 atom stereocenters. The Balaban J connectivity index is 2.83. The summed E-state index contributed by atoms with van der Waals surface area (Å²) in [5.74, 6) is -0.460. The van der Waals surface area contributed by atoms with Crippen molar-refractivity contribution in [3.63, 3.8) is 0 Å². The second kappa shape index (κ2) is 3.67. The van der Waals surface area contributed by atoms with Gasteiger partial charge in [-0.2, -0.15) is 0 Å². The fraction of sp³-hybridized carbons (Fsp3) is 0.111. The lowest BCUT2D eigenvalue weighted by Gasteiger charge is -1.93. The van der Waals surface area contributed by atoms with Crippen LogP contribution in [0.1, 0.15) is 11.4 Å². The van der Waals surface area contributed by atoms with Gasteiger partial charge in [-0.15, -0.1) is 0 Å². The first-order valence-corrected chi connectivity index (χ1v) is 3.59. The van der Waals surface area contributed by atoms with Crippen molar-refractivity contribution in [2.24, 2.45) is 5.73 Å². The van der Waals surface area contributed by atoms with Gasteiger partial charge < -0.3 is 5.73 Å². The predicted octanol–water partition coefficient (Wildman–Crippen LogP) is 0.889. The van der Waals surface area contributed by atoms with E-state index in [0.717, 1.165) is 11.4 Å². The normalized spacial score (nSPS) is 10.4. The molecule has 0 aliphatic carbocycles. The Morgan fingerprint density at radius 2 is 2.33 bits per heavy atom. The zero-order valence-electron chi connectivity index (χ0n) is 6.82. The summed E-state index contributed by atoms with van der Waals surface area (Å²) in [6.07, 6.45) is 2.89. The van der Waals surface area contributed by atoms with E-state index in [9.17, 15) is 4.79 Å². The van der Waals surface area contributed by atoms with E-state index in [4.69, 9.17) is 5.73 Å². The number of aryl methyl sites for hydroxylation is 1. The summed E-state index contributed by atoms with van der Waals surface area (Å²) < 4.78 is 0. The molecule has 0 aliphatic rings. The highest BCUT2D eigenvalue weighted by atomic mass is 16.1. The molecule has 0 saturated heterocycles. The number of amides is 1. The number of aromatic nitrogens is 1. The molecule has 1 aromatic rings. The lowest BCUT2D eigenvalue weighted by atomic mass is 10.3. The molecular formula is C9H10N2O. The monoisotopic (exact) mass is 162 g/mol. The molecule has 1 rings (SSSR count). The summed E-state index contributed by atoms with van der Waals surface area (Å²) in [4.78, 5) is 14.5. The Hall–Kier alpha value is -1.64. The number of nitrogens with two attached hydrogens (primary N) is 1. The number of hydrogen-bond acceptors (Lipinski definition) is 2. The number of carbonyl (C=O) groups is 1. The lowest BCUT2D eigenvalue weighted by molar-refractivity contribution is -0.113. The van der Waals surface area contributed by atoms with Gasteiger partial charge in [0.05, 0.1) is 5.69 Å². The van der Waals surface area contributed by atoms with Gasteiger partial charge in [0.25, 0.3) is 0 Å². The van der Waals surface area contributed by atoms with Crippen LogP contribution in [-0.2, 0) is 4.79 Å². The maximum absolute atomic E-state index is 10.4. The van der Waals surface area contributed by atoms with Crippen molar-refractivity contribution in [1.82, 2.24) is 4.98 Å². The second-order valence-electron chi connectivity index (χ2n) is 2.44. The summed E-state index contributed by atoms with van der Waals surface area (Å²) in [6.45, 7) is 1.89. The van der Waals surface area contributed by atoms with Crippen LogP contribution in [0.2, 0.25) is 0 Å². The molecule has 0 fully saturated rings. The Kier molecular flexibility index (Phi) is 2.58. The third kappa shape index (κ3) is 2.54. The van der Waals surface area contributed by atoms with Gasteiger partial charge in [-0.1, -0.05) is 6.07 Å². The number of primary amides is 1. The molecule has 12 heavy (non-hydrogen) atoms. The van der Waals surface area contributed by atoms with E-state index >= 15 is 0 Å². The minimum absolute atomic E-state index is 0.460. The highest BCUT2D eigenvalue weighted by molar-refractivity contribution is 5.89. The Morgan fingerprint density at radius 1 is 1.58 bits per heavy atom. The van der Waals surface area contributed by atoms with Gasteiger partial charge in [0.2, 0.25) is 5.91 Å². The third-order valence-corrected chi connectivity index (χ3v) is 1.33. The van der Waals surface area contributed by atoms with Gasteiger partial charge in [-0.05, 0) is 25.1 Å².